The minimum Gasteiger partial charge on any atom is -0.464 e. The normalized spacial score (nSPS) is 12.7. The van der Waals surface area contributed by atoms with Crippen molar-refractivity contribution in [3.8, 4) is 0 Å². The third-order valence-corrected chi connectivity index (χ3v) is 2.43. The minimum absolute atomic E-state index is 0.180. The Hall–Kier alpha value is -2.20. The van der Waals surface area contributed by atoms with Gasteiger partial charge in [0.2, 0.25) is 0 Å². The van der Waals surface area contributed by atoms with Gasteiger partial charge in [-0.15, -0.1) is 0 Å². The van der Waals surface area contributed by atoms with E-state index in [0.717, 1.165) is 5.56 Å². The zero-order chi connectivity index (χ0) is 14.8. The number of esters is 1. The second-order valence-corrected chi connectivity index (χ2v) is 4.07. The number of aliphatic hydroxyl groups excluding tert-OH is 1. The Bertz CT molecular complexity index is 488. The third kappa shape index (κ3) is 6.11. The Labute approximate surface area is 118 Å². The van der Waals surface area contributed by atoms with Crippen molar-refractivity contribution in [1.82, 2.24) is 0 Å². The number of ketones is 1. The average molecular weight is 274 g/mol. The highest BCUT2D eigenvalue weighted by molar-refractivity contribution is 5.93. The molecule has 0 aromatic heterocycles. The maximum absolute atomic E-state index is 11.5. The lowest BCUT2D eigenvalue weighted by Crippen LogP contribution is -2.25. The molecule has 0 aliphatic rings. The molecule has 0 saturated heterocycles. The predicted molar refractivity (Wildman–Crippen MR) is 76.9 cm³/mol. The molecule has 4 heteroatoms. The van der Waals surface area contributed by atoms with Gasteiger partial charge in [-0.1, -0.05) is 48.6 Å². The number of carbonyl (C=O) groups excluding carboxylic acids is 2. The molecule has 0 heterocycles. The second kappa shape index (κ2) is 8.82. The summed E-state index contributed by atoms with van der Waals surface area (Å²) in [7, 11) is 0. The van der Waals surface area contributed by atoms with Crippen LogP contribution in [0.25, 0.3) is 6.08 Å². The van der Waals surface area contributed by atoms with Crippen molar-refractivity contribution >= 4 is 17.8 Å². The molecule has 0 fully saturated rings. The number of aliphatic hydroxyl groups is 1. The largest absolute Gasteiger partial charge is 0.464 e. The summed E-state index contributed by atoms with van der Waals surface area (Å²) in [5.74, 6) is -1.10. The molecule has 106 valence electrons. The fourth-order valence-electron chi connectivity index (χ4n) is 1.47. The molecule has 1 aromatic carbocycles. The standard InChI is InChI=1S/C16H18O4/c1-2-20-16(19)15(18)12-14(17)11-7-6-10-13-8-4-3-5-9-13/h3-11,15,18H,2,12H2,1H3/b10-6+,11-7+/t15-/m0/s1. The van der Waals surface area contributed by atoms with E-state index >= 15 is 0 Å². The quantitative estimate of drug-likeness (QED) is 0.470. The van der Waals surface area contributed by atoms with E-state index in [2.05, 4.69) is 4.74 Å². The third-order valence-electron chi connectivity index (χ3n) is 2.43. The van der Waals surface area contributed by atoms with Gasteiger partial charge in [0.1, 0.15) is 0 Å². The lowest BCUT2D eigenvalue weighted by atomic mass is 10.1. The van der Waals surface area contributed by atoms with E-state index in [1.165, 1.54) is 6.08 Å². The summed E-state index contributed by atoms with van der Waals surface area (Å²) in [6.07, 6.45) is 4.81. The molecule has 0 amide bonds. The highest BCUT2D eigenvalue weighted by Gasteiger charge is 2.18. The van der Waals surface area contributed by atoms with Crippen molar-refractivity contribution in [1.29, 1.82) is 0 Å². The van der Waals surface area contributed by atoms with Gasteiger partial charge in [-0.3, -0.25) is 4.79 Å². The van der Waals surface area contributed by atoms with Crippen LogP contribution in [0.3, 0.4) is 0 Å². The summed E-state index contributed by atoms with van der Waals surface area (Å²) in [6.45, 7) is 1.82. The van der Waals surface area contributed by atoms with E-state index < -0.39 is 12.1 Å². The Balaban J connectivity index is 2.40. The number of rotatable bonds is 7. The van der Waals surface area contributed by atoms with Crippen molar-refractivity contribution < 1.29 is 19.4 Å². The Morgan fingerprint density at radius 2 is 1.95 bits per heavy atom. The van der Waals surface area contributed by atoms with Crippen LogP contribution in [-0.4, -0.2) is 29.6 Å². The number of hydrogen-bond donors (Lipinski definition) is 1. The summed E-state index contributed by atoms with van der Waals surface area (Å²) in [5, 5.41) is 9.41. The summed E-state index contributed by atoms with van der Waals surface area (Å²) >= 11 is 0. The van der Waals surface area contributed by atoms with Crippen LogP contribution < -0.4 is 0 Å². The van der Waals surface area contributed by atoms with Crippen LogP contribution in [0.5, 0.6) is 0 Å². The molecule has 0 radical (unpaired) electrons. The van der Waals surface area contributed by atoms with Crippen LogP contribution in [0.2, 0.25) is 0 Å². The SMILES string of the molecule is CCOC(=O)[C@@H](O)CC(=O)/C=C/C=C/c1ccccc1. The first kappa shape index (κ1) is 15.9. The van der Waals surface area contributed by atoms with Crippen molar-refractivity contribution in [3.05, 3.63) is 54.1 Å². The van der Waals surface area contributed by atoms with E-state index in [1.54, 1.807) is 19.1 Å². The molecule has 1 atom stereocenters. The average Bonchev–Trinajstić information content (AvgIpc) is 2.45. The summed E-state index contributed by atoms with van der Waals surface area (Å²) in [5.41, 5.74) is 1.02. The van der Waals surface area contributed by atoms with Gasteiger partial charge in [0.15, 0.2) is 11.9 Å². The van der Waals surface area contributed by atoms with Crippen LogP contribution in [0, 0.1) is 0 Å². The van der Waals surface area contributed by atoms with E-state index in [1.807, 2.05) is 36.4 Å². The van der Waals surface area contributed by atoms with E-state index in [0.29, 0.717) is 0 Å². The first-order chi connectivity index (χ1) is 9.63. The molecule has 0 bridgehead atoms. The number of hydrogen-bond acceptors (Lipinski definition) is 4. The monoisotopic (exact) mass is 274 g/mol. The lowest BCUT2D eigenvalue weighted by molar-refractivity contribution is -0.154. The molecule has 1 N–H and O–H groups in total. The number of benzene rings is 1. The zero-order valence-corrected chi connectivity index (χ0v) is 11.4. The van der Waals surface area contributed by atoms with Crippen molar-refractivity contribution in [2.45, 2.75) is 19.4 Å². The Kier molecular flexibility index (Phi) is 7.00. The van der Waals surface area contributed by atoms with E-state index in [-0.39, 0.29) is 18.8 Å². The maximum Gasteiger partial charge on any atom is 0.335 e. The molecule has 0 unspecified atom stereocenters. The predicted octanol–water partition coefficient (Wildman–Crippen LogP) is 2.14. The van der Waals surface area contributed by atoms with Gasteiger partial charge >= 0.3 is 5.97 Å². The molecule has 20 heavy (non-hydrogen) atoms. The number of carbonyl (C=O) groups is 2. The molecule has 0 aliphatic carbocycles. The van der Waals surface area contributed by atoms with Gasteiger partial charge in [-0.05, 0) is 18.6 Å². The van der Waals surface area contributed by atoms with Crippen molar-refractivity contribution in [2.75, 3.05) is 6.61 Å². The van der Waals surface area contributed by atoms with Gasteiger partial charge in [0.25, 0.3) is 0 Å². The summed E-state index contributed by atoms with van der Waals surface area (Å²) in [6, 6.07) is 9.65. The van der Waals surface area contributed by atoms with Gasteiger partial charge in [-0.25, -0.2) is 4.79 Å². The van der Waals surface area contributed by atoms with Crippen LogP contribution in [0.4, 0.5) is 0 Å². The first-order valence-corrected chi connectivity index (χ1v) is 6.40. The first-order valence-electron chi connectivity index (χ1n) is 6.40. The van der Waals surface area contributed by atoms with Gasteiger partial charge in [-0.2, -0.15) is 0 Å². The van der Waals surface area contributed by atoms with Crippen LogP contribution in [0.15, 0.2) is 48.6 Å². The van der Waals surface area contributed by atoms with E-state index in [9.17, 15) is 14.7 Å². The van der Waals surface area contributed by atoms with Crippen molar-refractivity contribution in [3.63, 3.8) is 0 Å². The molecule has 0 saturated carbocycles. The van der Waals surface area contributed by atoms with Gasteiger partial charge in [0, 0.05) is 6.42 Å². The molecule has 0 spiro atoms. The van der Waals surface area contributed by atoms with Crippen LogP contribution in [-0.2, 0) is 14.3 Å². The highest BCUT2D eigenvalue weighted by atomic mass is 16.5. The fraction of sp³-hybridized carbons (Fsp3) is 0.250. The van der Waals surface area contributed by atoms with Crippen LogP contribution in [0.1, 0.15) is 18.9 Å². The smallest absolute Gasteiger partial charge is 0.335 e. The molecule has 1 rings (SSSR count). The van der Waals surface area contributed by atoms with Crippen molar-refractivity contribution in [2.24, 2.45) is 0 Å². The molecule has 4 nitrogen and oxygen atoms in total. The second-order valence-electron chi connectivity index (χ2n) is 4.07. The molecule has 0 aliphatic heterocycles. The Morgan fingerprint density at radius 1 is 1.25 bits per heavy atom. The lowest BCUT2D eigenvalue weighted by Gasteiger charge is -2.06. The van der Waals surface area contributed by atoms with Gasteiger partial charge in [0.05, 0.1) is 6.61 Å². The Morgan fingerprint density at radius 3 is 2.60 bits per heavy atom. The van der Waals surface area contributed by atoms with Crippen LogP contribution >= 0.6 is 0 Å². The minimum atomic E-state index is -1.40. The topological polar surface area (TPSA) is 63.6 Å². The maximum atomic E-state index is 11.5. The number of ether oxygens (including phenoxy) is 1. The fourth-order valence-corrected chi connectivity index (χ4v) is 1.47. The molecular weight excluding hydrogens is 256 g/mol. The zero-order valence-electron chi connectivity index (χ0n) is 11.4. The summed E-state index contributed by atoms with van der Waals surface area (Å²) in [4.78, 5) is 22.6. The number of allylic oxidation sites excluding steroid dienone is 3. The molecular formula is C16H18O4. The molecule has 1 aromatic rings. The summed E-state index contributed by atoms with van der Waals surface area (Å²) < 4.78 is 4.61. The van der Waals surface area contributed by atoms with Gasteiger partial charge < -0.3 is 9.84 Å². The highest BCUT2D eigenvalue weighted by Crippen LogP contribution is 2.02. The van der Waals surface area contributed by atoms with E-state index in [4.69, 9.17) is 0 Å².